The van der Waals surface area contributed by atoms with Crippen molar-refractivity contribution in [1.82, 2.24) is 0 Å². The summed E-state index contributed by atoms with van der Waals surface area (Å²) >= 11 is 0. The van der Waals surface area contributed by atoms with Crippen molar-refractivity contribution in [3.05, 3.63) is 45.8 Å². The second kappa shape index (κ2) is 5.01. The van der Waals surface area contributed by atoms with E-state index in [0.29, 0.717) is 12.5 Å². The van der Waals surface area contributed by atoms with Gasteiger partial charge in [-0.15, -0.1) is 0 Å². The molecule has 0 N–H and O–H groups in total. The summed E-state index contributed by atoms with van der Waals surface area (Å²) in [4.78, 5) is 2.76. The van der Waals surface area contributed by atoms with E-state index in [1.54, 1.807) is 0 Å². The maximum atomic E-state index is 8.25. The van der Waals surface area contributed by atoms with Crippen LogP contribution in [-0.4, -0.2) is 19.3 Å². The van der Waals surface area contributed by atoms with Crippen LogP contribution >= 0.6 is 0 Å². The monoisotopic (exact) mass is 217 g/mol. The molecule has 1 saturated heterocycles. The lowest BCUT2D eigenvalue weighted by Gasteiger charge is -2.08. The Bertz CT molecular complexity index is 412. The van der Waals surface area contributed by atoms with Crippen LogP contribution in [0.2, 0.25) is 0 Å². The zero-order valence-electron chi connectivity index (χ0n) is 9.34. The predicted octanol–water partition coefficient (Wildman–Crippen LogP) is 3.18. The zero-order chi connectivity index (χ0) is 11.4. The quantitative estimate of drug-likeness (QED) is 0.435. The SMILES string of the molecule is Cc1cccc([C@@H]2CO[C@@H](CN=[N+]=[N-])C2)c1. The standard InChI is InChI=1S/C12H15N3O/c1-9-3-2-4-10(5-9)11-6-12(16-8-11)7-14-15-13/h2-5,11-12H,6-8H2,1H3/t11-,12+/m0/s1. The van der Waals surface area contributed by atoms with Crippen LogP contribution in [0.5, 0.6) is 0 Å². The van der Waals surface area contributed by atoms with Gasteiger partial charge in [-0.1, -0.05) is 34.9 Å². The fourth-order valence-corrected chi connectivity index (χ4v) is 2.12. The topological polar surface area (TPSA) is 58.0 Å². The molecule has 0 unspecified atom stereocenters. The molecular weight excluding hydrogens is 202 g/mol. The Balaban J connectivity index is 2.00. The lowest BCUT2D eigenvalue weighted by molar-refractivity contribution is 0.116. The predicted molar refractivity (Wildman–Crippen MR) is 62.3 cm³/mol. The smallest absolute Gasteiger partial charge is 0.0638 e. The summed E-state index contributed by atoms with van der Waals surface area (Å²) in [6.45, 7) is 3.27. The molecule has 1 aliphatic heterocycles. The molecule has 1 fully saturated rings. The summed E-state index contributed by atoms with van der Waals surface area (Å²) in [7, 11) is 0. The van der Waals surface area contributed by atoms with Crippen molar-refractivity contribution in [1.29, 1.82) is 0 Å². The molecule has 2 rings (SSSR count). The third-order valence-electron chi connectivity index (χ3n) is 2.94. The van der Waals surface area contributed by atoms with Gasteiger partial charge in [0.25, 0.3) is 0 Å². The molecule has 0 saturated carbocycles. The van der Waals surface area contributed by atoms with Gasteiger partial charge < -0.3 is 4.74 Å². The molecule has 84 valence electrons. The Morgan fingerprint density at radius 3 is 3.19 bits per heavy atom. The third kappa shape index (κ3) is 2.54. The Kier molecular flexibility index (Phi) is 3.44. The highest BCUT2D eigenvalue weighted by Crippen LogP contribution is 2.29. The van der Waals surface area contributed by atoms with E-state index in [4.69, 9.17) is 10.3 Å². The normalized spacial score (nSPS) is 24.1. The third-order valence-corrected chi connectivity index (χ3v) is 2.94. The number of hydrogen-bond donors (Lipinski definition) is 0. The van der Waals surface area contributed by atoms with Crippen LogP contribution < -0.4 is 0 Å². The molecule has 1 aromatic rings. The van der Waals surface area contributed by atoms with Crippen molar-refractivity contribution in [2.24, 2.45) is 5.11 Å². The number of azide groups is 1. The van der Waals surface area contributed by atoms with Crippen LogP contribution in [-0.2, 0) is 4.74 Å². The van der Waals surface area contributed by atoms with Crippen molar-refractivity contribution in [2.45, 2.75) is 25.4 Å². The minimum Gasteiger partial charge on any atom is -0.377 e. The van der Waals surface area contributed by atoms with Gasteiger partial charge in [0.1, 0.15) is 0 Å². The first kappa shape index (κ1) is 11.0. The van der Waals surface area contributed by atoms with E-state index in [1.165, 1.54) is 11.1 Å². The first-order valence-corrected chi connectivity index (χ1v) is 5.48. The molecule has 0 aliphatic carbocycles. The van der Waals surface area contributed by atoms with Crippen LogP contribution in [0.15, 0.2) is 29.4 Å². The molecule has 0 spiro atoms. The minimum atomic E-state index is 0.0846. The Morgan fingerprint density at radius 2 is 2.44 bits per heavy atom. The molecule has 0 bridgehead atoms. The maximum Gasteiger partial charge on any atom is 0.0638 e. The van der Waals surface area contributed by atoms with E-state index in [1.807, 2.05) is 0 Å². The Morgan fingerprint density at radius 1 is 1.56 bits per heavy atom. The van der Waals surface area contributed by atoms with Gasteiger partial charge in [-0.25, -0.2) is 0 Å². The van der Waals surface area contributed by atoms with Crippen LogP contribution in [0.1, 0.15) is 23.5 Å². The Hall–Kier alpha value is -1.51. The van der Waals surface area contributed by atoms with Crippen molar-refractivity contribution in [3.63, 3.8) is 0 Å². The van der Waals surface area contributed by atoms with Gasteiger partial charge in [0.15, 0.2) is 0 Å². The summed E-state index contributed by atoms with van der Waals surface area (Å²) in [5, 5.41) is 3.56. The van der Waals surface area contributed by atoms with Gasteiger partial charge >= 0.3 is 0 Å². The van der Waals surface area contributed by atoms with Gasteiger partial charge in [-0.05, 0) is 24.4 Å². The molecular formula is C12H15N3O. The van der Waals surface area contributed by atoms with E-state index < -0.39 is 0 Å². The highest BCUT2D eigenvalue weighted by Gasteiger charge is 2.25. The van der Waals surface area contributed by atoms with E-state index >= 15 is 0 Å². The van der Waals surface area contributed by atoms with Crippen molar-refractivity contribution in [2.75, 3.05) is 13.2 Å². The van der Waals surface area contributed by atoms with Crippen molar-refractivity contribution >= 4 is 0 Å². The molecule has 0 amide bonds. The Labute approximate surface area is 94.9 Å². The summed E-state index contributed by atoms with van der Waals surface area (Å²) in [6, 6.07) is 8.50. The summed E-state index contributed by atoms with van der Waals surface area (Å²) in [5.41, 5.74) is 10.8. The van der Waals surface area contributed by atoms with Crippen molar-refractivity contribution in [3.8, 4) is 0 Å². The fourth-order valence-electron chi connectivity index (χ4n) is 2.12. The summed E-state index contributed by atoms with van der Waals surface area (Å²) < 4.78 is 5.60. The average Bonchev–Trinajstić information content (AvgIpc) is 2.75. The first-order valence-electron chi connectivity index (χ1n) is 5.48. The number of aryl methyl sites for hydroxylation is 1. The lowest BCUT2D eigenvalue weighted by Crippen LogP contribution is -2.08. The van der Waals surface area contributed by atoms with E-state index in [2.05, 4.69) is 41.2 Å². The molecule has 1 heterocycles. The van der Waals surface area contributed by atoms with Gasteiger partial charge in [0.05, 0.1) is 19.3 Å². The van der Waals surface area contributed by atoms with Gasteiger partial charge in [-0.2, -0.15) is 0 Å². The second-order valence-electron chi connectivity index (χ2n) is 4.22. The number of hydrogen-bond acceptors (Lipinski definition) is 2. The molecule has 4 heteroatoms. The molecule has 2 atom stereocenters. The van der Waals surface area contributed by atoms with Crippen LogP contribution in [0.3, 0.4) is 0 Å². The molecule has 0 radical (unpaired) electrons. The summed E-state index contributed by atoms with van der Waals surface area (Å²) in [6.07, 6.45) is 1.03. The molecule has 16 heavy (non-hydrogen) atoms. The highest BCUT2D eigenvalue weighted by atomic mass is 16.5. The number of rotatable bonds is 3. The molecule has 1 aliphatic rings. The molecule has 0 aromatic heterocycles. The summed E-state index contributed by atoms with van der Waals surface area (Å²) in [5.74, 6) is 0.443. The largest absolute Gasteiger partial charge is 0.377 e. The maximum absolute atomic E-state index is 8.25. The van der Waals surface area contributed by atoms with Crippen LogP contribution in [0.4, 0.5) is 0 Å². The second-order valence-corrected chi connectivity index (χ2v) is 4.22. The number of benzene rings is 1. The highest BCUT2D eigenvalue weighted by molar-refractivity contribution is 5.26. The molecule has 1 aromatic carbocycles. The number of nitrogens with zero attached hydrogens (tertiary/aromatic N) is 3. The number of ether oxygens (including phenoxy) is 1. The van der Waals surface area contributed by atoms with Crippen LogP contribution in [0, 0.1) is 6.92 Å². The van der Waals surface area contributed by atoms with E-state index in [-0.39, 0.29) is 6.10 Å². The van der Waals surface area contributed by atoms with E-state index in [0.717, 1.165) is 13.0 Å². The lowest BCUT2D eigenvalue weighted by atomic mass is 9.95. The zero-order valence-corrected chi connectivity index (χ0v) is 9.34. The van der Waals surface area contributed by atoms with Crippen LogP contribution in [0.25, 0.3) is 10.4 Å². The molecule has 4 nitrogen and oxygen atoms in total. The van der Waals surface area contributed by atoms with Crippen molar-refractivity contribution < 1.29 is 4.74 Å². The fraction of sp³-hybridized carbons (Fsp3) is 0.500. The van der Waals surface area contributed by atoms with Gasteiger partial charge in [0, 0.05) is 10.8 Å². The minimum absolute atomic E-state index is 0.0846. The van der Waals surface area contributed by atoms with Gasteiger partial charge in [0.2, 0.25) is 0 Å². The average molecular weight is 217 g/mol. The first-order chi connectivity index (χ1) is 7.79. The van der Waals surface area contributed by atoms with E-state index in [9.17, 15) is 0 Å². The van der Waals surface area contributed by atoms with Gasteiger partial charge in [-0.3, -0.25) is 0 Å².